The highest BCUT2D eigenvalue weighted by molar-refractivity contribution is 14.0. The number of likely N-dealkylation sites (tertiary alicyclic amines) is 1. The summed E-state index contributed by atoms with van der Waals surface area (Å²) in [7, 11) is 0. The predicted molar refractivity (Wildman–Crippen MR) is 138 cm³/mol. The van der Waals surface area contributed by atoms with Crippen LogP contribution >= 0.6 is 24.0 Å². The smallest absolute Gasteiger partial charge is 0.223 e. The molecule has 0 radical (unpaired) electrons. The Balaban J connectivity index is 0.00000363. The fraction of sp³-hybridized carbons (Fsp3) is 0.609. The Morgan fingerprint density at radius 3 is 2.56 bits per heavy atom. The molecule has 32 heavy (non-hydrogen) atoms. The third kappa shape index (κ3) is 8.93. The quantitative estimate of drug-likeness (QED) is 0.151. The van der Waals surface area contributed by atoms with Crippen LogP contribution in [0.1, 0.15) is 43.7 Å². The molecule has 8 nitrogen and oxygen atoms in total. The van der Waals surface area contributed by atoms with Gasteiger partial charge in [-0.25, -0.2) is 4.99 Å². The molecule has 178 valence electrons. The second-order valence-electron chi connectivity index (χ2n) is 8.48. The summed E-state index contributed by atoms with van der Waals surface area (Å²) >= 11 is 0. The van der Waals surface area contributed by atoms with Crippen LogP contribution in [-0.2, 0) is 22.7 Å². The summed E-state index contributed by atoms with van der Waals surface area (Å²) in [5.41, 5.74) is 7.86. The van der Waals surface area contributed by atoms with Crippen molar-refractivity contribution in [2.45, 2.75) is 45.7 Å². The largest absolute Gasteiger partial charge is 0.369 e. The number of hydrogen-bond acceptors (Lipinski definition) is 4. The Hall–Kier alpha value is -1.88. The van der Waals surface area contributed by atoms with E-state index in [1.807, 2.05) is 6.92 Å². The number of halogens is 1. The second-order valence-corrected chi connectivity index (χ2v) is 8.48. The van der Waals surface area contributed by atoms with Gasteiger partial charge >= 0.3 is 0 Å². The molecule has 1 aromatic rings. The topological polar surface area (TPSA) is 112 Å². The van der Waals surface area contributed by atoms with E-state index in [4.69, 9.17) is 5.73 Å². The molecule has 1 heterocycles. The average molecular weight is 556 g/mol. The number of benzene rings is 1. The summed E-state index contributed by atoms with van der Waals surface area (Å²) in [5.74, 6) is 0.916. The Bertz CT molecular complexity index is 784. The fourth-order valence-corrected chi connectivity index (χ4v) is 3.88. The molecule has 2 amide bonds. The average Bonchev–Trinajstić information content (AvgIpc) is 3.61. The number of nitrogens with two attached hydrogens (primary N) is 1. The van der Waals surface area contributed by atoms with Crippen molar-refractivity contribution in [1.29, 1.82) is 0 Å². The molecule has 9 heteroatoms. The number of piperidine rings is 1. The van der Waals surface area contributed by atoms with Crippen LogP contribution in [-0.4, -0.2) is 55.4 Å². The summed E-state index contributed by atoms with van der Waals surface area (Å²) in [6.07, 6.45) is 3.94. The number of primary amides is 1. The van der Waals surface area contributed by atoms with Crippen LogP contribution in [0.2, 0.25) is 0 Å². The predicted octanol–water partition coefficient (Wildman–Crippen LogP) is 1.58. The Morgan fingerprint density at radius 1 is 1.09 bits per heavy atom. The molecule has 1 aliphatic heterocycles. The van der Waals surface area contributed by atoms with Crippen LogP contribution in [0, 0.1) is 11.8 Å². The third-order valence-corrected chi connectivity index (χ3v) is 5.73. The number of aliphatic imine (C=N–C) groups is 1. The summed E-state index contributed by atoms with van der Waals surface area (Å²) < 4.78 is 0. The third-order valence-electron chi connectivity index (χ3n) is 5.73. The first-order chi connectivity index (χ1) is 15.0. The number of carbonyl (C=O) groups excluding carboxylic acids is 2. The number of amides is 2. The molecular formula is C23H37IN6O2. The lowest BCUT2D eigenvalue weighted by Crippen LogP contribution is -2.41. The zero-order valence-corrected chi connectivity index (χ0v) is 21.3. The second kappa shape index (κ2) is 13.6. The number of guanidine groups is 1. The highest BCUT2D eigenvalue weighted by Gasteiger charge is 2.29. The lowest BCUT2D eigenvalue weighted by molar-refractivity contribution is -0.123. The lowest BCUT2D eigenvalue weighted by Gasteiger charge is -2.31. The zero-order chi connectivity index (χ0) is 22.1. The minimum absolute atomic E-state index is 0. The minimum Gasteiger partial charge on any atom is -0.369 e. The van der Waals surface area contributed by atoms with E-state index >= 15 is 0 Å². The molecule has 1 saturated heterocycles. The highest BCUT2D eigenvalue weighted by Crippen LogP contribution is 2.28. The van der Waals surface area contributed by atoms with E-state index in [9.17, 15) is 9.59 Å². The van der Waals surface area contributed by atoms with Crippen LogP contribution in [0.15, 0.2) is 29.3 Å². The van der Waals surface area contributed by atoms with Gasteiger partial charge in [-0.2, -0.15) is 0 Å². The molecule has 2 aliphatic rings. The van der Waals surface area contributed by atoms with Gasteiger partial charge in [0.05, 0.1) is 12.5 Å². The summed E-state index contributed by atoms with van der Waals surface area (Å²) in [4.78, 5) is 30.2. The SMILES string of the molecule is CCNC(=NCc1cccc(CN2CCCC(C(N)=O)C2)c1)NCCNC(=O)C1CC1.I. The molecule has 1 atom stereocenters. The van der Waals surface area contributed by atoms with E-state index in [1.165, 1.54) is 5.56 Å². The van der Waals surface area contributed by atoms with Crippen molar-refractivity contribution < 1.29 is 9.59 Å². The van der Waals surface area contributed by atoms with Crippen LogP contribution < -0.4 is 21.7 Å². The Kier molecular flexibility index (Phi) is 11.2. The van der Waals surface area contributed by atoms with Gasteiger partial charge < -0.3 is 21.7 Å². The first-order valence-corrected chi connectivity index (χ1v) is 11.4. The molecule has 2 fully saturated rings. The lowest BCUT2D eigenvalue weighted by atomic mass is 9.97. The van der Waals surface area contributed by atoms with Gasteiger partial charge in [0.1, 0.15) is 0 Å². The normalized spacial score (nSPS) is 19.0. The van der Waals surface area contributed by atoms with Crippen LogP contribution in [0.5, 0.6) is 0 Å². The van der Waals surface area contributed by atoms with Crippen molar-refractivity contribution in [3.05, 3.63) is 35.4 Å². The number of rotatable bonds is 10. The van der Waals surface area contributed by atoms with E-state index in [0.717, 1.165) is 63.4 Å². The number of nitrogens with one attached hydrogen (secondary N) is 3. The molecule has 1 aromatic carbocycles. The molecule has 1 saturated carbocycles. The van der Waals surface area contributed by atoms with Gasteiger partial charge in [0.2, 0.25) is 11.8 Å². The molecule has 5 N–H and O–H groups in total. The Labute approximate surface area is 208 Å². The molecule has 3 rings (SSSR count). The minimum atomic E-state index is -0.191. The van der Waals surface area contributed by atoms with E-state index < -0.39 is 0 Å². The van der Waals surface area contributed by atoms with Crippen molar-refractivity contribution in [1.82, 2.24) is 20.9 Å². The standard InChI is InChI=1S/C23H36N6O2.HI/c1-2-25-23(27-11-10-26-22(31)19-8-9-19)28-14-17-5-3-6-18(13-17)15-29-12-4-7-20(16-29)21(24)30;/h3,5-6,13,19-20H,2,4,7-12,14-16H2,1H3,(H2,24,30)(H,26,31)(H2,25,27,28);1H. The van der Waals surface area contributed by atoms with Crippen molar-refractivity contribution >= 4 is 41.8 Å². The molecule has 1 unspecified atom stereocenters. The van der Waals surface area contributed by atoms with Crippen LogP contribution in [0.4, 0.5) is 0 Å². The highest BCUT2D eigenvalue weighted by atomic mass is 127. The molecule has 1 aliphatic carbocycles. The first kappa shape index (κ1) is 26.4. The zero-order valence-electron chi connectivity index (χ0n) is 18.9. The summed E-state index contributed by atoms with van der Waals surface area (Å²) in [6.45, 7) is 7.17. The van der Waals surface area contributed by atoms with Crippen molar-refractivity contribution in [3.8, 4) is 0 Å². The number of nitrogens with zero attached hydrogens (tertiary/aromatic N) is 2. The first-order valence-electron chi connectivity index (χ1n) is 11.4. The van der Waals surface area contributed by atoms with Gasteiger partial charge in [-0.1, -0.05) is 24.3 Å². The monoisotopic (exact) mass is 556 g/mol. The maximum Gasteiger partial charge on any atom is 0.223 e. The van der Waals surface area contributed by atoms with E-state index in [1.54, 1.807) is 0 Å². The van der Waals surface area contributed by atoms with Crippen LogP contribution in [0.3, 0.4) is 0 Å². The van der Waals surface area contributed by atoms with Gasteiger partial charge in [0.15, 0.2) is 5.96 Å². The van der Waals surface area contributed by atoms with Gasteiger partial charge in [0, 0.05) is 38.6 Å². The summed E-state index contributed by atoms with van der Waals surface area (Å²) in [5, 5.41) is 9.47. The van der Waals surface area contributed by atoms with E-state index in [2.05, 4.69) is 50.1 Å². The Morgan fingerprint density at radius 2 is 1.84 bits per heavy atom. The van der Waals surface area contributed by atoms with Crippen molar-refractivity contribution in [2.75, 3.05) is 32.7 Å². The van der Waals surface area contributed by atoms with Crippen LogP contribution in [0.25, 0.3) is 0 Å². The molecule has 0 spiro atoms. The van der Waals surface area contributed by atoms with E-state index in [-0.39, 0.29) is 47.6 Å². The van der Waals surface area contributed by atoms with Gasteiger partial charge in [-0.05, 0) is 50.3 Å². The maximum atomic E-state index is 11.7. The number of hydrogen-bond donors (Lipinski definition) is 4. The van der Waals surface area contributed by atoms with Crippen molar-refractivity contribution in [3.63, 3.8) is 0 Å². The van der Waals surface area contributed by atoms with E-state index in [0.29, 0.717) is 19.6 Å². The maximum absolute atomic E-state index is 11.7. The van der Waals surface area contributed by atoms with Gasteiger partial charge in [0.25, 0.3) is 0 Å². The molecule has 0 bridgehead atoms. The van der Waals surface area contributed by atoms with Crippen molar-refractivity contribution in [2.24, 2.45) is 22.6 Å². The number of carbonyl (C=O) groups is 2. The van der Waals surface area contributed by atoms with Gasteiger partial charge in [-0.3, -0.25) is 14.5 Å². The molecule has 0 aromatic heterocycles. The summed E-state index contributed by atoms with van der Waals surface area (Å²) in [6, 6.07) is 8.43. The fourth-order valence-electron chi connectivity index (χ4n) is 3.88. The van der Waals surface area contributed by atoms with Gasteiger partial charge in [-0.15, -0.1) is 24.0 Å². The molecular weight excluding hydrogens is 519 g/mol.